The van der Waals surface area contributed by atoms with Crippen LogP contribution in [0.1, 0.15) is 49.3 Å². The average Bonchev–Trinajstić information content (AvgIpc) is 2.68. The van der Waals surface area contributed by atoms with Crippen molar-refractivity contribution in [1.82, 2.24) is 0 Å². The Bertz CT molecular complexity index is 1030. The Morgan fingerprint density at radius 1 is 0.714 bits per heavy atom. The van der Waals surface area contributed by atoms with Crippen molar-refractivity contribution in [3.05, 3.63) is 58.7 Å². The lowest BCUT2D eigenvalue weighted by Gasteiger charge is -2.38. The molecule has 2 aromatic carbocycles. The Morgan fingerprint density at radius 2 is 1.31 bits per heavy atom. The molecule has 0 radical (unpaired) electrons. The molecule has 1 saturated carbocycles. The summed E-state index contributed by atoms with van der Waals surface area (Å²) in [4.78, 5) is 0. The van der Waals surface area contributed by atoms with Gasteiger partial charge in [-0.15, -0.1) is 13.2 Å². The van der Waals surface area contributed by atoms with Gasteiger partial charge in [0.05, 0.1) is 12.7 Å². The van der Waals surface area contributed by atoms with Gasteiger partial charge < -0.3 is 14.2 Å². The molecule has 1 saturated heterocycles. The molecule has 2 atom stereocenters. The van der Waals surface area contributed by atoms with Crippen molar-refractivity contribution >= 4 is 0 Å². The van der Waals surface area contributed by atoms with E-state index in [1.54, 1.807) is 0 Å². The van der Waals surface area contributed by atoms with E-state index in [9.17, 15) is 39.5 Å². The van der Waals surface area contributed by atoms with E-state index in [1.165, 1.54) is 0 Å². The van der Waals surface area contributed by atoms with Crippen molar-refractivity contribution in [1.29, 1.82) is 0 Å². The van der Waals surface area contributed by atoms with E-state index in [2.05, 4.69) is 9.47 Å². The van der Waals surface area contributed by atoms with Gasteiger partial charge in [-0.3, -0.25) is 0 Å². The van der Waals surface area contributed by atoms with Crippen molar-refractivity contribution in [3.63, 3.8) is 0 Å². The predicted molar refractivity (Wildman–Crippen MR) is 103 cm³/mol. The highest BCUT2D eigenvalue weighted by Crippen LogP contribution is 2.43. The molecular weight excluding hydrogens is 495 g/mol. The predicted octanol–water partition coefficient (Wildman–Crippen LogP) is 7.54. The average molecular weight is 514 g/mol. The van der Waals surface area contributed by atoms with Gasteiger partial charge in [-0.2, -0.15) is 8.78 Å². The summed E-state index contributed by atoms with van der Waals surface area (Å²) in [5.74, 6) is -9.72. The SMILES string of the molecule is Fc1cc(OC(F)(F)c2c(F)cc(C3CCC(C4CCC4)CO3)cc2F)cc(F)c1OC(F)(F)F. The number of hydrogen-bond acceptors (Lipinski definition) is 3. The fourth-order valence-corrected chi connectivity index (χ4v) is 4.38. The zero-order chi connectivity index (χ0) is 25.5. The van der Waals surface area contributed by atoms with E-state index in [0.29, 0.717) is 37.0 Å². The van der Waals surface area contributed by atoms with Gasteiger partial charge in [0.1, 0.15) is 22.9 Å². The lowest BCUT2D eigenvalue weighted by atomic mass is 9.73. The molecule has 3 nitrogen and oxygen atoms in total. The molecule has 1 aliphatic heterocycles. The largest absolute Gasteiger partial charge is 0.573 e. The smallest absolute Gasteiger partial charge is 0.429 e. The zero-order valence-corrected chi connectivity index (χ0v) is 17.9. The lowest BCUT2D eigenvalue weighted by molar-refractivity contribution is -0.276. The van der Waals surface area contributed by atoms with Gasteiger partial charge >= 0.3 is 12.5 Å². The van der Waals surface area contributed by atoms with Crippen LogP contribution in [0.25, 0.3) is 0 Å². The molecule has 0 bridgehead atoms. The quantitative estimate of drug-likeness (QED) is 0.373. The second-order valence-corrected chi connectivity index (χ2v) is 8.59. The van der Waals surface area contributed by atoms with E-state index in [4.69, 9.17) is 4.74 Å². The summed E-state index contributed by atoms with van der Waals surface area (Å²) in [6, 6.07) is 1.28. The van der Waals surface area contributed by atoms with Crippen molar-refractivity contribution in [2.45, 2.75) is 50.7 Å². The molecule has 192 valence electrons. The monoisotopic (exact) mass is 514 g/mol. The highest BCUT2D eigenvalue weighted by Gasteiger charge is 2.43. The first-order valence-corrected chi connectivity index (χ1v) is 10.8. The van der Waals surface area contributed by atoms with Gasteiger partial charge in [0.25, 0.3) is 0 Å². The number of ether oxygens (including phenoxy) is 3. The second kappa shape index (κ2) is 9.44. The third-order valence-corrected chi connectivity index (χ3v) is 6.29. The van der Waals surface area contributed by atoms with Crippen molar-refractivity contribution < 1.29 is 53.7 Å². The first-order valence-electron chi connectivity index (χ1n) is 10.8. The fourth-order valence-electron chi connectivity index (χ4n) is 4.38. The molecule has 1 heterocycles. The first-order chi connectivity index (χ1) is 16.3. The van der Waals surface area contributed by atoms with E-state index in [1.807, 2.05) is 0 Å². The minimum Gasteiger partial charge on any atom is -0.429 e. The maximum atomic E-state index is 14.6. The maximum absolute atomic E-state index is 14.6. The molecule has 2 unspecified atom stereocenters. The molecule has 35 heavy (non-hydrogen) atoms. The molecule has 12 heteroatoms. The number of hydrogen-bond donors (Lipinski definition) is 0. The highest BCUT2D eigenvalue weighted by molar-refractivity contribution is 5.36. The normalized spacial score (nSPS) is 21.5. The number of alkyl halides is 5. The maximum Gasteiger partial charge on any atom is 0.573 e. The van der Waals surface area contributed by atoms with Crippen LogP contribution in [0, 0.1) is 35.1 Å². The van der Waals surface area contributed by atoms with Crippen LogP contribution < -0.4 is 9.47 Å². The summed E-state index contributed by atoms with van der Waals surface area (Å²) in [5, 5.41) is 0. The molecule has 0 aromatic heterocycles. The van der Waals surface area contributed by atoms with Gasteiger partial charge in [0.2, 0.25) is 5.75 Å². The van der Waals surface area contributed by atoms with Gasteiger partial charge in [-0.25, -0.2) is 17.6 Å². The Hall–Kier alpha value is -2.63. The Labute approximate surface area is 193 Å². The van der Waals surface area contributed by atoms with E-state index in [0.717, 1.165) is 25.7 Å². The summed E-state index contributed by atoms with van der Waals surface area (Å²) < 4.78 is 136. The number of halogens is 9. The third-order valence-electron chi connectivity index (χ3n) is 6.29. The van der Waals surface area contributed by atoms with Crippen LogP contribution in [0.15, 0.2) is 24.3 Å². The standard InChI is InChI=1S/C23H19F9O3/c24-15-6-13(19-5-4-12(10-33-19)11-2-1-3-11)7-16(25)20(15)22(28,29)34-14-8-17(26)21(18(27)9-14)35-23(30,31)32/h6-9,11-12,19H,1-5,10H2. The summed E-state index contributed by atoms with van der Waals surface area (Å²) in [7, 11) is 0. The number of rotatable bonds is 6. The molecule has 4 rings (SSSR count). The van der Waals surface area contributed by atoms with Gasteiger partial charge in [0.15, 0.2) is 11.6 Å². The Kier molecular flexibility index (Phi) is 6.87. The van der Waals surface area contributed by atoms with Crippen LogP contribution in [-0.4, -0.2) is 13.0 Å². The van der Waals surface area contributed by atoms with Gasteiger partial charge in [-0.1, -0.05) is 19.3 Å². The highest BCUT2D eigenvalue weighted by atomic mass is 19.4. The fraction of sp³-hybridized carbons (Fsp3) is 0.478. The summed E-state index contributed by atoms with van der Waals surface area (Å²) in [6.45, 7) is 0.394. The third kappa shape index (κ3) is 5.62. The van der Waals surface area contributed by atoms with Crippen LogP contribution in [0.4, 0.5) is 39.5 Å². The molecular formula is C23H19F9O3. The van der Waals surface area contributed by atoms with E-state index >= 15 is 0 Å². The van der Waals surface area contributed by atoms with Crippen LogP contribution in [0.5, 0.6) is 11.5 Å². The van der Waals surface area contributed by atoms with Crippen LogP contribution in [0.2, 0.25) is 0 Å². The van der Waals surface area contributed by atoms with Crippen molar-refractivity contribution in [3.8, 4) is 11.5 Å². The first kappa shape index (κ1) is 25.5. The topological polar surface area (TPSA) is 27.7 Å². The van der Waals surface area contributed by atoms with Crippen molar-refractivity contribution in [2.24, 2.45) is 11.8 Å². The molecule has 0 N–H and O–H groups in total. The molecule has 2 aliphatic rings. The second-order valence-electron chi connectivity index (χ2n) is 8.59. The van der Waals surface area contributed by atoms with E-state index in [-0.39, 0.29) is 17.7 Å². The molecule has 2 aromatic rings. The van der Waals surface area contributed by atoms with Crippen LogP contribution in [0.3, 0.4) is 0 Å². The summed E-state index contributed by atoms with van der Waals surface area (Å²) in [6.07, 6.45) is -6.31. The lowest BCUT2D eigenvalue weighted by Crippen LogP contribution is -2.31. The zero-order valence-electron chi connectivity index (χ0n) is 17.9. The van der Waals surface area contributed by atoms with Gasteiger partial charge in [0, 0.05) is 12.1 Å². The Morgan fingerprint density at radius 3 is 1.77 bits per heavy atom. The summed E-state index contributed by atoms with van der Waals surface area (Å²) >= 11 is 0. The van der Waals surface area contributed by atoms with Crippen LogP contribution >= 0.6 is 0 Å². The molecule has 0 spiro atoms. The van der Waals surface area contributed by atoms with E-state index < -0.39 is 58.9 Å². The molecule has 1 aliphatic carbocycles. The van der Waals surface area contributed by atoms with Crippen molar-refractivity contribution in [2.75, 3.05) is 6.61 Å². The minimum absolute atomic E-state index is 0.0114. The molecule has 0 amide bonds. The Balaban J connectivity index is 1.51. The molecule has 2 fully saturated rings. The minimum atomic E-state index is -5.46. The van der Waals surface area contributed by atoms with Gasteiger partial charge in [-0.05, 0) is 42.4 Å². The number of benzene rings is 2. The van der Waals surface area contributed by atoms with Crippen LogP contribution in [-0.2, 0) is 10.8 Å². The summed E-state index contributed by atoms with van der Waals surface area (Å²) in [5.41, 5.74) is -1.82.